The average Bonchev–Trinajstić information content (AvgIpc) is 3.06. The highest BCUT2D eigenvalue weighted by atomic mass is 16.3. The molecule has 2 heterocycles. The fourth-order valence-corrected chi connectivity index (χ4v) is 2.80. The Morgan fingerprint density at radius 1 is 1.45 bits per heavy atom. The number of furan rings is 1. The van der Waals surface area contributed by atoms with Crippen LogP contribution in [0.2, 0.25) is 0 Å². The van der Waals surface area contributed by atoms with Gasteiger partial charge in [-0.05, 0) is 32.4 Å². The summed E-state index contributed by atoms with van der Waals surface area (Å²) in [7, 11) is 0. The Morgan fingerprint density at radius 2 is 2.30 bits per heavy atom. The topological polar surface area (TPSA) is 54.3 Å². The summed E-state index contributed by atoms with van der Waals surface area (Å²) in [6, 6.07) is 8.29. The number of aryl methyl sites for hydroxylation is 1. The molecule has 1 aromatic heterocycles. The van der Waals surface area contributed by atoms with Gasteiger partial charge in [0.25, 0.3) is 0 Å². The molecule has 0 spiro atoms. The van der Waals surface area contributed by atoms with E-state index in [1.807, 2.05) is 31.2 Å². The summed E-state index contributed by atoms with van der Waals surface area (Å²) in [6.45, 7) is 3.53. The molecular formula is C16H20N2O2. The molecule has 106 valence electrons. The first-order valence-electron chi connectivity index (χ1n) is 7.21. The Hall–Kier alpha value is -1.81. The van der Waals surface area contributed by atoms with Gasteiger partial charge in [0.2, 0.25) is 5.91 Å². The van der Waals surface area contributed by atoms with Gasteiger partial charge in [-0.15, -0.1) is 0 Å². The predicted molar refractivity (Wildman–Crippen MR) is 78.4 cm³/mol. The molecule has 1 aliphatic heterocycles. The Kier molecular flexibility index (Phi) is 3.74. The molecule has 2 N–H and O–H groups in total. The number of amides is 1. The van der Waals surface area contributed by atoms with Crippen LogP contribution in [0.3, 0.4) is 0 Å². The van der Waals surface area contributed by atoms with Crippen LogP contribution in [0.4, 0.5) is 0 Å². The van der Waals surface area contributed by atoms with E-state index < -0.39 is 0 Å². The molecule has 1 amide bonds. The van der Waals surface area contributed by atoms with Crippen molar-refractivity contribution < 1.29 is 9.21 Å². The van der Waals surface area contributed by atoms with Crippen molar-refractivity contribution >= 4 is 16.9 Å². The molecule has 1 saturated heterocycles. The molecule has 0 radical (unpaired) electrons. The first kappa shape index (κ1) is 13.2. The number of rotatable bonds is 4. The normalized spacial score (nSPS) is 18.6. The fraction of sp³-hybridized carbons (Fsp3) is 0.438. The number of benzene rings is 1. The van der Waals surface area contributed by atoms with Gasteiger partial charge in [-0.3, -0.25) is 4.79 Å². The molecular weight excluding hydrogens is 252 g/mol. The summed E-state index contributed by atoms with van der Waals surface area (Å²) < 4.78 is 5.79. The van der Waals surface area contributed by atoms with Gasteiger partial charge >= 0.3 is 0 Å². The quantitative estimate of drug-likeness (QED) is 0.899. The van der Waals surface area contributed by atoms with E-state index in [9.17, 15) is 4.79 Å². The molecule has 3 rings (SSSR count). The zero-order valence-electron chi connectivity index (χ0n) is 11.7. The third-order valence-corrected chi connectivity index (χ3v) is 3.98. The summed E-state index contributed by atoms with van der Waals surface area (Å²) in [5.41, 5.74) is 1.99. The summed E-state index contributed by atoms with van der Waals surface area (Å²) in [5.74, 6) is 0.934. The number of fused-ring (bicyclic) bond motifs is 1. The van der Waals surface area contributed by atoms with E-state index in [0.29, 0.717) is 19.0 Å². The third kappa shape index (κ3) is 2.70. The molecule has 20 heavy (non-hydrogen) atoms. The summed E-state index contributed by atoms with van der Waals surface area (Å²) in [6.07, 6.45) is 2.82. The van der Waals surface area contributed by atoms with Gasteiger partial charge in [0, 0.05) is 23.4 Å². The Morgan fingerprint density at radius 3 is 3.05 bits per heavy atom. The molecule has 0 saturated carbocycles. The maximum absolute atomic E-state index is 11.9. The van der Waals surface area contributed by atoms with Crippen LogP contribution in [0.1, 0.15) is 30.6 Å². The second-order valence-corrected chi connectivity index (χ2v) is 5.42. The van der Waals surface area contributed by atoms with Gasteiger partial charge in [-0.25, -0.2) is 0 Å². The van der Waals surface area contributed by atoms with Crippen LogP contribution in [0.15, 0.2) is 28.7 Å². The number of carbonyl (C=O) groups excluding carboxylic acids is 1. The Balaban J connectivity index is 1.61. The zero-order chi connectivity index (χ0) is 13.9. The van der Waals surface area contributed by atoms with Crippen LogP contribution < -0.4 is 10.6 Å². The van der Waals surface area contributed by atoms with Crippen LogP contribution in [0.5, 0.6) is 0 Å². The summed E-state index contributed by atoms with van der Waals surface area (Å²) in [4.78, 5) is 11.9. The lowest BCUT2D eigenvalue weighted by Gasteiger charge is -2.09. The molecule has 0 aliphatic carbocycles. The van der Waals surface area contributed by atoms with Crippen LogP contribution >= 0.6 is 0 Å². The number of hydrogen-bond acceptors (Lipinski definition) is 3. The van der Waals surface area contributed by atoms with E-state index in [1.54, 1.807) is 0 Å². The van der Waals surface area contributed by atoms with Crippen LogP contribution in [-0.2, 0) is 11.3 Å². The standard InChI is InChI=1S/C16H20N2O2/c1-11-13-6-2-3-7-14(13)20-15(11)10-18-16(19)9-12-5-4-8-17-12/h2-3,6-7,12,17H,4-5,8-10H2,1H3,(H,18,19). The molecule has 1 aliphatic rings. The highest BCUT2D eigenvalue weighted by molar-refractivity contribution is 5.82. The largest absolute Gasteiger partial charge is 0.459 e. The molecule has 1 aromatic carbocycles. The molecule has 1 fully saturated rings. The van der Waals surface area contributed by atoms with Crippen molar-refractivity contribution in [1.29, 1.82) is 0 Å². The second kappa shape index (κ2) is 5.67. The smallest absolute Gasteiger partial charge is 0.221 e. The van der Waals surface area contributed by atoms with E-state index in [4.69, 9.17) is 4.42 Å². The lowest BCUT2D eigenvalue weighted by atomic mass is 10.1. The fourth-order valence-electron chi connectivity index (χ4n) is 2.80. The molecule has 1 unspecified atom stereocenters. The van der Waals surface area contributed by atoms with E-state index >= 15 is 0 Å². The van der Waals surface area contributed by atoms with Crippen molar-refractivity contribution in [3.8, 4) is 0 Å². The molecule has 1 atom stereocenters. The van der Waals surface area contributed by atoms with Gasteiger partial charge < -0.3 is 15.1 Å². The van der Waals surface area contributed by atoms with E-state index in [2.05, 4.69) is 10.6 Å². The van der Waals surface area contributed by atoms with Gasteiger partial charge in [0.15, 0.2) is 0 Å². The SMILES string of the molecule is Cc1c(CNC(=O)CC2CCCN2)oc2ccccc12. The third-order valence-electron chi connectivity index (χ3n) is 3.98. The number of carbonyl (C=O) groups is 1. The number of hydrogen-bond donors (Lipinski definition) is 2. The molecule has 2 aromatic rings. The van der Waals surface area contributed by atoms with E-state index in [-0.39, 0.29) is 5.91 Å². The van der Waals surface area contributed by atoms with Gasteiger partial charge in [-0.2, -0.15) is 0 Å². The van der Waals surface area contributed by atoms with Gasteiger partial charge in [-0.1, -0.05) is 18.2 Å². The van der Waals surface area contributed by atoms with Gasteiger partial charge in [0.1, 0.15) is 11.3 Å². The Labute approximate surface area is 118 Å². The second-order valence-electron chi connectivity index (χ2n) is 5.42. The summed E-state index contributed by atoms with van der Waals surface area (Å²) in [5, 5.41) is 7.41. The highest BCUT2D eigenvalue weighted by Gasteiger charge is 2.18. The monoisotopic (exact) mass is 272 g/mol. The van der Waals surface area contributed by atoms with Crippen molar-refractivity contribution in [3.05, 3.63) is 35.6 Å². The van der Waals surface area contributed by atoms with Crippen LogP contribution in [0, 0.1) is 6.92 Å². The predicted octanol–water partition coefficient (Wildman–Crippen LogP) is 2.50. The first-order chi connectivity index (χ1) is 9.74. The van der Waals surface area contributed by atoms with E-state index in [0.717, 1.165) is 35.3 Å². The zero-order valence-corrected chi connectivity index (χ0v) is 11.7. The Bertz CT molecular complexity index is 612. The number of para-hydroxylation sites is 1. The molecule has 0 bridgehead atoms. The molecule has 4 nitrogen and oxygen atoms in total. The maximum atomic E-state index is 11.9. The maximum Gasteiger partial charge on any atom is 0.221 e. The van der Waals surface area contributed by atoms with Crippen molar-refractivity contribution in [2.45, 2.75) is 38.8 Å². The molecule has 4 heteroatoms. The van der Waals surface area contributed by atoms with E-state index in [1.165, 1.54) is 6.42 Å². The van der Waals surface area contributed by atoms with Crippen molar-refractivity contribution in [1.82, 2.24) is 10.6 Å². The van der Waals surface area contributed by atoms with Crippen molar-refractivity contribution in [3.63, 3.8) is 0 Å². The lowest BCUT2D eigenvalue weighted by Crippen LogP contribution is -2.31. The van der Waals surface area contributed by atoms with Crippen molar-refractivity contribution in [2.24, 2.45) is 0 Å². The van der Waals surface area contributed by atoms with Crippen molar-refractivity contribution in [2.75, 3.05) is 6.54 Å². The summed E-state index contributed by atoms with van der Waals surface area (Å²) >= 11 is 0. The minimum atomic E-state index is 0.0873. The van der Waals surface area contributed by atoms with Crippen LogP contribution in [0.25, 0.3) is 11.0 Å². The minimum absolute atomic E-state index is 0.0873. The lowest BCUT2D eigenvalue weighted by molar-refractivity contribution is -0.121. The number of nitrogens with one attached hydrogen (secondary N) is 2. The first-order valence-corrected chi connectivity index (χ1v) is 7.21. The van der Waals surface area contributed by atoms with Gasteiger partial charge in [0.05, 0.1) is 6.54 Å². The van der Waals surface area contributed by atoms with Crippen LogP contribution in [-0.4, -0.2) is 18.5 Å². The average molecular weight is 272 g/mol. The minimum Gasteiger partial charge on any atom is -0.459 e. The highest BCUT2D eigenvalue weighted by Crippen LogP contribution is 2.24.